The molecule has 0 atom stereocenters. The van der Waals surface area contributed by atoms with Crippen LogP contribution in [0.1, 0.15) is 12.5 Å². The van der Waals surface area contributed by atoms with Gasteiger partial charge < -0.3 is 16.0 Å². The molecule has 0 bridgehead atoms. The summed E-state index contributed by atoms with van der Waals surface area (Å²) in [5.74, 6) is 0.901. The van der Waals surface area contributed by atoms with Crippen LogP contribution < -0.4 is 16.0 Å². The summed E-state index contributed by atoms with van der Waals surface area (Å²) in [5.41, 5.74) is 1.59. The molecule has 0 spiro atoms. The molecule has 11 heteroatoms. The maximum atomic E-state index is 11.8. The molecular formula is C20H21IN6O3S. The molecule has 0 aliphatic carbocycles. The number of allylic oxidation sites excluding steroid dienone is 1. The van der Waals surface area contributed by atoms with E-state index >= 15 is 0 Å². The lowest BCUT2D eigenvalue weighted by Gasteiger charge is -2.12. The van der Waals surface area contributed by atoms with Crippen molar-refractivity contribution in [3.8, 4) is 0 Å². The molecule has 4 N–H and O–H groups in total. The number of hydrogen-bond acceptors (Lipinski definition) is 8. The molecule has 0 saturated heterocycles. The number of anilines is 5. The second-order valence-electron chi connectivity index (χ2n) is 6.27. The second kappa shape index (κ2) is 10.5. The van der Waals surface area contributed by atoms with Gasteiger partial charge in [0.05, 0.1) is 0 Å². The number of para-hydroxylation sites is 1. The first-order chi connectivity index (χ1) is 14.9. The number of alkyl halides is 1. The van der Waals surface area contributed by atoms with Crippen LogP contribution in [0.15, 0.2) is 59.5 Å². The van der Waals surface area contributed by atoms with Crippen molar-refractivity contribution in [1.29, 1.82) is 0 Å². The van der Waals surface area contributed by atoms with Crippen molar-refractivity contribution in [2.45, 2.75) is 11.8 Å². The third-order valence-corrected chi connectivity index (χ3v) is 5.39. The van der Waals surface area contributed by atoms with Crippen LogP contribution in [0.25, 0.3) is 6.08 Å². The highest BCUT2D eigenvalue weighted by Gasteiger charge is 2.16. The first kappa shape index (κ1) is 22.9. The summed E-state index contributed by atoms with van der Waals surface area (Å²) in [6.45, 7) is 2.43. The van der Waals surface area contributed by atoms with E-state index in [0.29, 0.717) is 29.7 Å². The summed E-state index contributed by atoms with van der Waals surface area (Å²) in [5, 5.41) is 9.22. The molecule has 0 radical (unpaired) electrons. The average molecular weight is 552 g/mol. The van der Waals surface area contributed by atoms with Crippen molar-refractivity contribution in [2.24, 2.45) is 0 Å². The van der Waals surface area contributed by atoms with Gasteiger partial charge in [0.2, 0.25) is 17.8 Å². The minimum atomic E-state index is -4.41. The zero-order valence-electron chi connectivity index (χ0n) is 16.6. The van der Waals surface area contributed by atoms with E-state index < -0.39 is 10.1 Å². The van der Waals surface area contributed by atoms with Gasteiger partial charge in [0.1, 0.15) is 4.90 Å². The number of aromatic nitrogens is 3. The maximum absolute atomic E-state index is 11.8. The number of benzene rings is 2. The Hall–Kier alpha value is -2.77. The maximum Gasteiger partial charge on any atom is 0.295 e. The molecule has 162 valence electrons. The van der Waals surface area contributed by atoms with Gasteiger partial charge in [-0.1, -0.05) is 59.0 Å². The summed E-state index contributed by atoms with van der Waals surface area (Å²) < 4.78 is 34.0. The molecule has 9 nitrogen and oxygen atoms in total. The molecule has 0 aliphatic rings. The Bertz CT molecular complexity index is 1170. The third kappa shape index (κ3) is 6.60. The number of rotatable bonds is 9. The molecular weight excluding hydrogens is 531 g/mol. The van der Waals surface area contributed by atoms with E-state index in [4.69, 9.17) is 0 Å². The molecule has 0 aliphatic heterocycles. The van der Waals surface area contributed by atoms with Crippen LogP contribution in [-0.4, -0.2) is 38.9 Å². The monoisotopic (exact) mass is 552 g/mol. The summed E-state index contributed by atoms with van der Waals surface area (Å²) >= 11 is 2.24. The largest absolute Gasteiger partial charge is 0.353 e. The van der Waals surface area contributed by atoms with E-state index in [1.54, 1.807) is 31.2 Å². The van der Waals surface area contributed by atoms with Crippen LogP contribution in [0.3, 0.4) is 0 Å². The molecule has 2 aromatic carbocycles. The number of nitrogens with one attached hydrogen (secondary N) is 3. The van der Waals surface area contributed by atoms with Crippen LogP contribution in [0.4, 0.5) is 29.2 Å². The van der Waals surface area contributed by atoms with Gasteiger partial charge in [-0.25, -0.2) is 0 Å². The Kier molecular flexibility index (Phi) is 7.76. The van der Waals surface area contributed by atoms with Gasteiger partial charge in [0.15, 0.2) is 0 Å². The lowest BCUT2D eigenvalue weighted by molar-refractivity contribution is 0.483. The van der Waals surface area contributed by atoms with E-state index in [1.165, 1.54) is 6.07 Å². The van der Waals surface area contributed by atoms with Crippen molar-refractivity contribution in [3.63, 3.8) is 0 Å². The van der Waals surface area contributed by atoms with Gasteiger partial charge in [-0.3, -0.25) is 4.55 Å². The molecule has 0 saturated carbocycles. The first-order valence-electron chi connectivity index (χ1n) is 9.28. The highest BCUT2D eigenvalue weighted by Crippen LogP contribution is 2.24. The van der Waals surface area contributed by atoms with E-state index in [1.807, 2.05) is 30.3 Å². The van der Waals surface area contributed by atoms with Crippen molar-refractivity contribution in [1.82, 2.24) is 15.0 Å². The summed E-state index contributed by atoms with van der Waals surface area (Å²) in [4.78, 5) is 12.9. The van der Waals surface area contributed by atoms with Gasteiger partial charge in [-0.15, -0.1) is 0 Å². The lowest BCUT2D eigenvalue weighted by atomic mass is 10.2. The minimum absolute atomic E-state index is 0.212. The second-order valence-corrected chi connectivity index (χ2v) is 8.73. The summed E-state index contributed by atoms with van der Waals surface area (Å²) in [6, 6.07) is 14.0. The van der Waals surface area contributed by atoms with Crippen LogP contribution >= 0.6 is 22.6 Å². The molecule has 3 aromatic rings. The summed E-state index contributed by atoms with van der Waals surface area (Å²) in [7, 11) is -4.41. The number of nitrogens with zero attached hydrogens (tertiary/aromatic N) is 3. The SMILES string of the molecule is C/C=C/c1ccc(Nc2nc(NCCI)nc(Nc3ccccc3)n2)cc1S(=O)(=O)O. The Morgan fingerprint density at radius 3 is 2.23 bits per heavy atom. The average Bonchev–Trinajstić information content (AvgIpc) is 2.73. The molecule has 1 aromatic heterocycles. The Morgan fingerprint density at radius 1 is 0.968 bits per heavy atom. The van der Waals surface area contributed by atoms with Crippen molar-refractivity contribution in [2.75, 3.05) is 26.9 Å². The first-order valence-corrected chi connectivity index (χ1v) is 12.2. The Morgan fingerprint density at radius 2 is 1.61 bits per heavy atom. The van der Waals surface area contributed by atoms with E-state index in [2.05, 4.69) is 53.5 Å². The molecule has 31 heavy (non-hydrogen) atoms. The minimum Gasteiger partial charge on any atom is -0.353 e. The Labute approximate surface area is 194 Å². The highest BCUT2D eigenvalue weighted by molar-refractivity contribution is 14.1. The molecule has 0 amide bonds. The standard InChI is InChI=1S/C20H21IN6O3S/c1-2-6-14-9-10-16(13-17(14)31(28,29)30)24-20-26-18(22-12-11-21)25-19(27-20)23-15-7-4-3-5-8-15/h2-10,13H,11-12H2,1H3,(H,28,29,30)(H3,22,23,24,25,26,27)/b6-2+. The normalized spacial score (nSPS) is 11.5. The van der Waals surface area contributed by atoms with Crippen molar-refractivity contribution < 1.29 is 13.0 Å². The van der Waals surface area contributed by atoms with Crippen LogP contribution in [0.5, 0.6) is 0 Å². The highest BCUT2D eigenvalue weighted by atomic mass is 127. The van der Waals surface area contributed by atoms with Crippen molar-refractivity contribution >= 4 is 68.0 Å². The summed E-state index contributed by atoms with van der Waals surface area (Å²) in [6.07, 6.45) is 3.29. The fourth-order valence-corrected chi connectivity index (χ4v) is 3.64. The Balaban J connectivity index is 1.95. The van der Waals surface area contributed by atoms with Crippen molar-refractivity contribution in [3.05, 3.63) is 60.2 Å². The van der Waals surface area contributed by atoms with E-state index in [0.717, 1.165) is 10.1 Å². The fraction of sp³-hybridized carbons (Fsp3) is 0.150. The lowest BCUT2D eigenvalue weighted by Crippen LogP contribution is -2.11. The zero-order valence-corrected chi connectivity index (χ0v) is 19.6. The van der Waals surface area contributed by atoms with E-state index in [9.17, 15) is 13.0 Å². The van der Waals surface area contributed by atoms with Gasteiger partial charge in [0, 0.05) is 22.3 Å². The number of halogens is 1. The topological polar surface area (TPSA) is 129 Å². The zero-order chi connectivity index (χ0) is 22.3. The predicted octanol–water partition coefficient (Wildman–Crippen LogP) is 4.49. The van der Waals surface area contributed by atoms with E-state index in [-0.39, 0.29) is 10.8 Å². The van der Waals surface area contributed by atoms with Crippen LogP contribution in [-0.2, 0) is 10.1 Å². The molecule has 0 unspecified atom stereocenters. The van der Waals surface area contributed by atoms with Gasteiger partial charge in [-0.2, -0.15) is 23.4 Å². The number of hydrogen-bond donors (Lipinski definition) is 4. The fourth-order valence-electron chi connectivity index (χ4n) is 2.66. The quantitative estimate of drug-likeness (QED) is 0.173. The van der Waals surface area contributed by atoms with Crippen LogP contribution in [0.2, 0.25) is 0 Å². The van der Waals surface area contributed by atoms with Gasteiger partial charge >= 0.3 is 0 Å². The van der Waals surface area contributed by atoms with Gasteiger partial charge in [0.25, 0.3) is 10.1 Å². The van der Waals surface area contributed by atoms with Gasteiger partial charge in [-0.05, 0) is 36.8 Å². The predicted molar refractivity (Wildman–Crippen MR) is 131 cm³/mol. The molecule has 0 fully saturated rings. The smallest absolute Gasteiger partial charge is 0.295 e. The molecule has 3 rings (SSSR count). The molecule has 1 heterocycles. The third-order valence-electron chi connectivity index (χ3n) is 3.94. The van der Waals surface area contributed by atoms with Crippen LogP contribution in [0, 0.1) is 0 Å².